The molecular formula is C25H37N7S. The molecule has 0 radical (unpaired) electrons. The Labute approximate surface area is 202 Å². The van der Waals surface area contributed by atoms with Crippen LogP contribution in [0.2, 0.25) is 0 Å². The van der Waals surface area contributed by atoms with Crippen molar-refractivity contribution in [2.45, 2.75) is 61.9 Å². The highest BCUT2D eigenvalue weighted by Gasteiger charge is 2.23. The Balaban J connectivity index is 1.45. The number of hydrazone groups is 1. The number of hydrogen-bond acceptors (Lipinski definition) is 7. The van der Waals surface area contributed by atoms with E-state index in [1.807, 2.05) is 7.05 Å². The maximum atomic E-state index is 6.54. The lowest BCUT2D eigenvalue weighted by Crippen LogP contribution is -2.46. The van der Waals surface area contributed by atoms with Gasteiger partial charge in [0.05, 0.1) is 6.04 Å². The molecule has 0 aromatic heterocycles. The number of hydrazine groups is 1. The minimum atomic E-state index is 0.174. The molecule has 1 saturated heterocycles. The minimum Gasteiger partial charge on any atom is -0.382 e. The molecule has 33 heavy (non-hydrogen) atoms. The molecule has 1 aliphatic carbocycles. The van der Waals surface area contributed by atoms with Crippen molar-refractivity contribution in [3.63, 3.8) is 0 Å². The SMILES string of the molecule is CNSc1ccc(NC2CCCCC2)c(/C(N)=N/N(N)C2CCN(c3ccccc3)CC2)c1. The Kier molecular flexibility index (Phi) is 8.36. The Bertz CT molecular complexity index is 906. The molecule has 4 rings (SSSR count). The van der Waals surface area contributed by atoms with Crippen LogP contribution in [-0.2, 0) is 0 Å². The van der Waals surface area contributed by atoms with E-state index in [1.165, 1.54) is 37.8 Å². The van der Waals surface area contributed by atoms with Crippen LogP contribution in [0, 0.1) is 0 Å². The molecule has 1 aliphatic heterocycles. The fourth-order valence-corrected chi connectivity index (χ4v) is 5.35. The van der Waals surface area contributed by atoms with Gasteiger partial charge in [0.1, 0.15) is 0 Å². The summed E-state index contributed by atoms with van der Waals surface area (Å²) in [6.07, 6.45) is 8.19. The summed E-state index contributed by atoms with van der Waals surface area (Å²) in [4.78, 5) is 3.50. The third kappa shape index (κ3) is 6.34. The van der Waals surface area contributed by atoms with Gasteiger partial charge in [-0.2, -0.15) is 0 Å². The minimum absolute atomic E-state index is 0.174. The average molecular weight is 468 g/mol. The summed E-state index contributed by atoms with van der Waals surface area (Å²) in [5.41, 5.74) is 9.76. The first-order chi connectivity index (χ1) is 16.1. The maximum Gasteiger partial charge on any atom is 0.154 e. The van der Waals surface area contributed by atoms with Crippen molar-refractivity contribution in [3.05, 3.63) is 54.1 Å². The smallest absolute Gasteiger partial charge is 0.154 e. The number of nitrogens with one attached hydrogen (secondary N) is 2. The van der Waals surface area contributed by atoms with E-state index in [4.69, 9.17) is 11.6 Å². The van der Waals surface area contributed by atoms with Gasteiger partial charge in [-0.15, -0.1) is 5.10 Å². The van der Waals surface area contributed by atoms with Gasteiger partial charge in [0, 0.05) is 41.0 Å². The van der Waals surface area contributed by atoms with Crippen LogP contribution in [-0.4, -0.2) is 43.2 Å². The molecule has 8 heteroatoms. The lowest BCUT2D eigenvalue weighted by Gasteiger charge is -2.36. The maximum absolute atomic E-state index is 6.54. The highest BCUT2D eigenvalue weighted by Crippen LogP contribution is 2.27. The van der Waals surface area contributed by atoms with E-state index in [0.29, 0.717) is 11.9 Å². The highest BCUT2D eigenvalue weighted by atomic mass is 32.2. The summed E-state index contributed by atoms with van der Waals surface area (Å²) >= 11 is 1.57. The summed E-state index contributed by atoms with van der Waals surface area (Å²) in [5.74, 6) is 6.87. The van der Waals surface area contributed by atoms with Gasteiger partial charge in [-0.1, -0.05) is 37.5 Å². The fourth-order valence-electron chi connectivity index (χ4n) is 4.80. The second-order valence-corrected chi connectivity index (χ2v) is 10.00. The Morgan fingerprint density at radius 2 is 1.76 bits per heavy atom. The second-order valence-electron chi connectivity index (χ2n) is 8.91. The van der Waals surface area contributed by atoms with Gasteiger partial charge in [0.25, 0.3) is 0 Å². The number of anilines is 2. The molecular weight excluding hydrogens is 430 g/mol. The standard InChI is InChI=1S/C25H37N7S/c1-28-33-22-12-13-24(29-19-8-4-2-5-9-19)23(18-22)25(26)30-32(27)21-14-16-31(17-15-21)20-10-6-3-7-11-20/h3,6-7,10-13,18-19,21,28-29H,2,4-5,8-9,14-17,27H2,1H3,(H2,26,30). The monoisotopic (exact) mass is 467 g/mol. The summed E-state index contributed by atoms with van der Waals surface area (Å²) in [5, 5.41) is 9.94. The summed E-state index contributed by atoms with van der Waals surface area (Å²) < 4.78 is 3.14. The van der Waals surface area contributed by atoms with E-state index in [1.54, 1.807) is 17.1 Å². The van der Waals surface area contributed by atoms with Gasteiger partial charge in [0.15, 0.2) is 5.84 Å². The Hall–Kier alpha value is -2.42. The first kappa shape index (κ1) is 23.7. The van der Waals surface area contributed by atoms with Crippen LogP contribution in [0.3, 0.4) is 0 Å². The largest absolute Gasteiger partial charge is 0.382 e. The van der Waals surface area contributed by atoms with Gasteiger partial charge in [-0.25, -0.2) is 11.0 Å². The highest BCUT2D eigenvalue weighted by molar-refractivity contribution is 7.97. The van der Waals surface area contributed by atoms with Crippen LogP contribution in [0.5, 0.6) is 0 Å². The molecule has 7 nitrogen and oxygen atoms in total. The molecule has 0 bridgehead atoms. The van der Waals surface area contributed by atoms with Crippen LogP contribution in [0.15, 0.2) is 58.5 Å². The molecule has 2 fully saturated rings. The summed E-state index contributed by atoms with van der Waals surface area (Å²) in [6.45, 7) is 1.92. The number of hydrogen-bond donors (Lipinski definition) is 4. The van der Waals surface area contributed by atoms with Gasteiger partial charge in [-0.3, -0.25) is 4.72 Å². The zero-order valence-electron chi connectivity index (χ0n) is 19.5. The molecule has 0 amide bonds. The summed E-state index contributed by atoms with van der Waals surface area (Å²) in [6, 6.07) is 17.5. The average Bonchev–Trinajstić information content (AvgIpc) is 2.86. The predicted octanol–water partition coefficient (Wildman–Crippen LogP) is 4.12. The molecule has 0 unspecified atom stereocenters. The van der Waals surface area contributed by atoms with Crippen LogP contribution >= 0.6 is 11.9 Å². The number of benzene rings is 2. The Morgan fingerprint density at radius 1 is 1.03 bits per heavy atom. The molecule has 6 N–H and O–H groups in total. The molecule has 1 heterocycles. The van der Waals surface area contributed by atoms with Crippen molar-refractivity contribution in [2.24, 2.45) is 16.7 Å². The topological polar surface area (TPSA) is 94.9 Å². The first-order valence-corrected chi connectivity index (χ1v) is 12.9. The zero-order chi connectivity index (χ0) is 23.0. The molecule has 2 aromatic rings. The van der Waals surface area contributed by atoms with E-state index in [2.05, 4.69) is 68.6 Å². The van der Waals surface area contributed by atoms with Crippen molar-refractivity contribution in [1.29, 1.82) is 0 Å². The third-order valence-corrected chi connectivity index (χ3v) is 7.33. The zero-order valence-corrected chi connectivity index (χ0v) is 20.4. The van der Waals surface area contributed by atoms with Crippen molar-refractivity contribution >= 4 is 29.2 Å². The first-order valence-electron chi connectivity index (χ1n) is 12.1. The second kappa shape index (κ2) is 11.6. The number of nitrogens with zero attached hydrogens (tertiary/aromatic N) is 3. The molecule has 2 aromatic carbocycles. The summed E-state index contributed by atoms with van der Waals surface area (Å²) in [7, 11) is 1.92. The van der Waals surface area contributed by atoms with Crippen LogP contribution < -0.4 is 26.5 Å². The van der Waals surface area contributed by atoms with Crippen molar-refractivity contribution in [3.8, 4) is 0 Å². The van der Waals surface area contributed by atoms with E-state index >= 15 is 0 Å². The van der Waals surface area contributed by atoms with Crippen molar-refractivity contribution in [2.75, 3.05) is 30.4 Å². The van der Waals surface area contributed by atoms with Gasteiger partial charge < -0.3 is 16.0 Å². The number of amidine groups is 1. The van der Waals surface area contributed by atoms with Crippen LogP contribution in [0.1, 0.15) is 50.5 Å². The lowest BCUT2D eigenvalue weighted by atomic mass is 9.95. The van der Waals surface area contributed by atoms with E-state index in [0.717, 1.165) is 42.1 Å². The van der Waals surface area contributed by atoms with E-state index in [9.17, 15) is 0 Å². The number of piperidine rings is 1. The van der Waals surface area contributed by atoms with Crippen LogP contribution in [0.4, 0.5) is 11.4 Å². The Morgan fingerprint density at radius 3 is 2.45 bits per heavy atom. The van der Waals surface area contributed by atoms with E-state index < -0.39 is 0 Å². The molecule has 2 aliphatic rings. The van der Waals surface area contributed by atoms with Gasteiger partial charge in [-0.05, 0) is 75.0 Å². The molecule has 1 saturated carbocycles. The fraction of sp³-hybridized carbons (Fsp3) is 0.480. The lowest BCUT2D eigenvalue weighted by molar-refractivity contribution is 0.179. The molecule has 0 atom stereocenters. The van der Waals surface area contributed by atoms with Crippen molar-refractivity contribution in [1.82, 2.24) is 9.84 Å². The van der Waals surface area contributed by atoms with Gasteiger partial charge in [0.2, 0.25) is 0 Å². The number of rotatable bonds is 8. The molecule has 0 spiro atoms. The third-order valence-electron chi connectivity index (χ3n) is 6.63. The number of para-hydroxylation sites is 1. The normalized spacial score (nSPS) is 18.4. The van der Waals surface area contributed by atoms with Gasteiger partial charge >= 0.3 is 0 Å². The van der Waals surface area contributed by atoms with Crippen molar-refractivity contribution < 1.29 is 0 Å². The number of nitrogens with two attached hydrogens (primary N) is 2. The molecule has 178 valence electrons. The van der Waals surface area contributed by atoms with Crippen LogP contribution in [0.25, 0.3) is 0 Å². The quantitative estimate of drug-likeness (QED) is 0.152. The van der Waals surface area contributed by atoms with E-state index in [-0.39, 0.29) is 6.04 Å². The predicted molar refractivity (Wildman–Crippen MR) is 140 cm³/mol.